The van der Waals surface area contributed by atoms with Crippen molar-refractivity contribution in [3.8, 4) is 22.7 Å². The van der Waals surface area contributed by atoms with Crippen LogP contribution in [0.4, 0.5) is 0 Å². The molecule has 3 aromatic carbocycles. The van der Waals surface area contributed by atoms with E-state index in [1.54, 1.807) is 0 Å². The first-order valence-electron chi connectivity index (χ1n) is 10.7. The lowest BCUT2D eigenvalue weighted by molar-refractivity contribution is 0.357. The van der Waals surface area contributed by atoms with Crippen LogP contribution < -0.4 is 10.2 Å². The summed E-state index contributed by atoms with van der Waals surface area (Å²) >= 11 is 6.08. The van der Waals surface area contributed by atoms with Crippen molar-refractivity contribution >= 4 is 17.3 Å². The van der Waals surface area contributed by atoms with Crippen LogP contribution in [0.5, 0.6) is 5.75 Å². The lowest BCUT2D eigenvalue weighted by atomic mass is 9.96. The molecule has 2 aliphatic rings. The van der Waals surface area contributed by atoms with Gasteiger partial charge in [-0.2, -0.15) is 10.2 Å². The van der Waals surface area contributed by atoms with Crippen molar-refractivity contribution in [2.45, 2.75) is 18.9 Å². The highest BCUT2D eigenvalue weighted by Crippen LogP contribution is 2.34. The van der Waals surface area contributed by atoms with Crippen LogP contribution in [0.1, 0.15) is 29.2 Å². The molecular formula is C26H21ClN4O. The van der Waals surface area contributed by atoms with Crippen molar-refractivity contribution in [2.24, 2.45) is 5.10 Å². The minimum absolute atomic E-state index is 0.0470. The number of hydrogen-bond donors (Lipinski definition) is 1. The van der Waals surface area contributed by atoms with Crippen molar-refractivity contribution < 1.29 is 4.74 Å². The van der Waals surface area contributed by atoms with Crippen LogP contribution in [-0.4, -0.2) is 22.1 Å². The molecule has 1 N–H and O–H groups in total. The number of benzene rings is 3. The summed E-state index contributed by atoms with van der Waals surface area (Å²) in [5, 5.41) is 10.3. The first-order chi connectivity index (χ1) is 15.7. The fourth-order valence-electron chi connectivity index (χ4n) is 4.36. The van der Waals surface area contributed by atoms with E-state index in [1.165, 1.54) is 5.56 Å². The molecule has 32 heavy (non-hydrogen) atoms. The van der Waals surface area contributed by atoms with E-state index >= 15 is 0 Å². The zero-order chi connectivity index (χ0) is 21.5. The van der Waals surface area contributed by atoms with Crippen LogP contribution in [0.25, 0.3) is 16.9 Å². The third-order valence-corrected chi connectivity index (χ3v) is 6.28. The van der Waals surface area contributed by atoms with Gasteiger partial charge in [-0.05, 0) is 53.6 Å². The van der Waals surface area contributed by atoms with E-state index in [4.69, 9.17) is 21.4 Å². The number of nitrogens with zero attached hydrogens (tertiary/aromatic N) is 3. The Kier molecular flexibility index (Phi) is 4.69. The van der Waals surface area contributed by atoms with E-state index in [1.807, 2.05) is 47.1 Å². The normalized spacial score (nSPS) is 16.9. The van der Waals surface area contributed by atoms with Gasteiger partial charge in [-0.3, -0.25) is 0 Å². The van der Waals surface area contributed by atoms with Gasteiger partial charge in [0.1, 0.15) is 5.75 Å². The molecule has 3 heterocycles. The molecule has 0 radical (unpaired) electrons. The second-order valence-electron chi connectivity index (χ2n) is 8.09. The maximum absolute atomic E-state index is 6.08. The first kappa shape index (κ1) is 19.1. The van der Waals surface area contributed by atoms with Gasteiger partial charge in [-0.15, -0.1) is 0 Å². The number of ether oxygens (including phenoxy) is 1. The predicted octanol–water partition coefficient (Wildman–Crippen LogP) is 5.57. The Labute approximate surface area is 191 Å². The van der Waals surface area contributed by atoms with E-state index in [0.717, 1.165) is 59.0 Å². The minimum Gasteiger partial charge on any atom is -0.493 e. The van der Waals surface area contributed by atoms with E-state index in [-0.39, 0.29) is 6.04 Å². The van der Waals surface area contributed by atoms with E-state index in [9.17, 15) is 0 Å². The van der Waals surface area contributed by atoms with Crippen LogP contribution in [-0.2, 0) is 6.42 Å². The van der Waals surface area contributed by atoms with Gasteiger partial charge in [0.2, 0.25) is 0 Å². The van der Waals surface area contributed by atoms with E-state index in [0.29, 0.717) is 5.02 Å². The summed E-state index contributed by atoms with van der Waals surface area (Å²) in [6, 6.07) is 24.4. The topological polar surface area (TPSA) is 51.4 Å². The molecule has 4 aromatic rings. The molecule has 0 spiro atoms. The second-order valence-corrected chi connectivity index (χ2v) is 8.52. The Morgan fingerprint density at radius 3 is 2.66 bits per heavy atom. The molecule has 0 bridgehead atoms. The summed E-state index contributed by atoms with van der Waals surface area (Å²) in [5.41, 5.74) is 10.9. The lowest BCUT2D eigenvalue weighted by Gasteiger charge is -2.10. The van der Waals surface area contributed by atoms with Gasteiger partial charge in [0.05, 0.1) is 29.7 Å². The largest absolute Gasteiger partial charge is 0.493 e. The number of hydrogen-bond acceptors (Lipinski definition) is 4. The summed E-state index contributed by atoms with van der Waals surface area (Å²) < 4.78 is 7.57. The highest BCUT2D eigenvalue weighted by atomic mass is 35.5. The average molecular weight is 441 g/mol. The zero-order valence-corrected chi connectivity index (χ0v) is 18.1. The van der Waals surface area contributed by atoms with Gasteiger partial charge >= 0.3 is 0 Å². The summed E-state index contributed by atoms with van der Waals surface area (Å²) in [6.07, 6.45) is 3.85. The Hall–Kier alpha value is -3.57. The molecule has 1 aromatic heterocycles. The molecule has 6 heteroatoms. The smallest absolute Gasteiger partial charge is 0.122 e. The summed E-state index contributed by atoms with van der Waals surface area (Å²) in [7, 11) is 0. The molecule has 0 saturated heterocycles. The van der Waals surface area contributed by atoms with Gasteiger partial charge in [0, 0.05) is 35.2 Å². The maximum Gasteiger partial charge on any atom is 0.122 e. The molecule has 1 unspecified atom stereocenters. The van der Waals surface area contributed by atoms with Crippen molar-refractivity contribution in [2.75, 3.05) is 6.61 Å². The number of halogens is 1. The third-order valence-electron chi connectivity index (χ3n) is 6.03. The Bertz CT molecular complexity index is 1310. The fourth-order valence-corrected chi connectivity index (χ4v) is 4.48. The quantitative estimate of drug-likeness (QED) is 0.451. The summed E-state index contributed by atoms with van der Waals surface area (Å²) in [5.74, 6) is 0.993. The van der Waals surface area contributed by atoms with Crippen LogP contribution >= 0.6 is 11.6 Å². The average Bonchev–Trinajstić information content (AvgIpc) is 3.58. The van der Waals surface area contributed by atoms with Crippen molar-refractivity contribution in [1.29, 1.82) is 0 Å². The molecule has 6 rings (SSSR count). The van der Waals surface area contributed by atoms with Crippen LogP contribution in [0.15, 0.2) is 84.1 Å². The molecule has 1 atom stereocenters. The Morgan fingerprint density at radius 2 is 1.81 bits per heavy atom. The lowest BCUT2D eigenvalue weighted by Crippen LogP contribution is -2.10. The number of aromatic nitrogens is 2. The van der Waals surface area contributed by atoms with Crippen LogP contribution in [0.3, 0.4) is 0 Å². The van der Waals surface area contributed by atoms with Gasteiger partial charge in [-0.25, -0.2) is 4.68 Å². The number of hydrazone groups is 1. The standard InChI is InChI=1S/C26H21ClN4O/c27-20-7-9-21(10-8-20)31-16-22(26(30-31)17-4-2-1-3-5-17)24-15-23(28-29-24)18-6-11-25-19(14-18)12-13-32-25/h1-11,14,16,24,29H,12-13,15H2. The summed E-state index contributed by atoms with van der Waals surface area (Å²) in [4.78, 5) is 0. The van der Waals surface area contributed by atoms with Crippen LogP contribution in [0.2, 0.25) is 5.02 Å². The molecule has 0 saturated carbocycles. The molecule has 0 fully saturated rings. The highest BCUT2D eigenvalue weighted by Gasteiger charge is 2.27. The van der Waals surface area contributed by atoms with Crippen molar-refractivity contribution in [3.63, 3.8) is 0 Å². The van der Waals surface area contributed by atoms with E-state index in [2.05, 4.69) is 47.1 Å². The number of fused-ring (bicyclic) bond motifs is 1. The third kappa shape index (κ3) is 3.45. The highest BCUT2D eigenvalue weighted by molar-refractivity contribution is 6.30. The number of nitrogens with one attached hydrogen (secondary N) is 1. The van der Waals surface area contributed by atoms with Gasteiger partial charge in [0.15, 0.2) is 0 Å². The molecular weight excluding hydrogens is 420 g/mol. The van der Waals surface area contributed by atoms with Crippen molar-refractivity contribution in [3.05, 3.63) is 101 Å². The molecule has 158 valence electrons. The minimum atomic E-state index is 0.0470. The molecule has 2 aliphatic heterocycles. The number of rotatable bonds is 4. The van der Waals surface area contributed by atoms with Gasteiger partial charge < -0.3 is 10.2 Å². The SMILES string of the molecule is Clc1ccc(-n2cc(C3CC(c4ccc5c(c4)CCO5)=NN3)c(-c3ccccc3)n2)cc1. The Balaban J connectivity index is 1.34. The van der Waals surface area contributed by atoms with Gasteiger partial charge in [-0.1, -0.05) is 41.9 Å². The first-order valence-corrected chi connectivity index (χ1v) is 11.1. The molecule has 5 nitrogen and oxygen atoms in total. The second kappa shape index (κ2) is 7.84. The predicted molar refractivity (Wildman–Crippen MR) is 127 cm³/mol. The summed E-state index contributed by atoms with van der Waals surface area (Å²) in [6.45, 7) is 0.760. The van der Waals surface area contributed by atoms with Crippen molar-refractivity contribution in [1.82, 2.24) is 15.2 Å². The molecule has 0 aliphatic carbocycles. The molecule has 0 amide bonds. The zero-order valence-electron chi connectivity index (χ0n) is 17.3. The van der Waals surface area contributed by atoms with Crippen LogP contribution in [0, 0.1) is 0 Å². The fraction of sp³-hybridized carbons (Fsp3) is 0.154. The monoisotopic (exact) mass is 440 g/mol. The van der Waals surface area contributed by atoms with Gasteiger partial charge in [0.25, 0.3) is 0 Å². The van der Waals surface area contributed by atoms with E-state index < -0.39 is 0 Å². The Morgan fingerprint density at radius 1 is 0.969 bits per heavy atom. The maximum atomic E-state index is 6.08.